The Morgan fingerprint density at radius 1 is 0.557 bits per heavy atom. The fourth-order valence-corrected chi connectivity index (χ4v) is 6.98. The number of hydrogen-bond acceptors (Lipinski definition) is 1. The number of rotatable bonds is 8. The minimum absolute atomic E-state index is 0. The quantitative estimate of drug-likeness (QED) is 0.0848. The number of nitrogens with zero attached hydrogens (tertiary/aromatic N) is 3. The Bertz CT molecular complexity index is 2200. The van der Waals surface area contributed by atoms with Gasteiger partial charge in [0, 0.05) is 38.0 Å². The van der Waals surface area contributed by atoms with Gasteiger partial charge < -0.3 is 9.88 Å². The van der Waals surface area contributed by atoms with Gasteiger partial charge in [-0.15, -0.1) is 47.8 Å². The first-order valence-corrected chi connectivity index (χ1v) is 21.5. The summed E-state index contributed by atoms with van der Waals surface area (Å²) in [5.74, 6) is 1.07. The van der Waals surface area contributed by atoms with Crippen LogP contribution in [-0.2, 0) is 43.2 Å². The number of aryl methyl sites for hydroxylation is 4. The van der Waals surface area contributed by atoms with Crippen molar-refractivity contribution in [3.05, 3.63) is 210 Å². The predicted molar refractivity (Wildman–Crippen MR) is 263 cm³/mol. The molecule has 0 aliphatic carbocycles. The summed E-state index contributed by atoms with van der Waals surface area (Å²) in [7, 11) is 0. The van der Waals surface area contributed by atoms with Crippen LogP contribution in [0, 0.1) is 41.5 Å². The summed E-state index contributed by atoms with van der Waals surface area (Å²) in [6.07, 6.45) is 4.90. The van der Waals surface area contributed by atoms with Gasteiger partial charge in [-0.1, -0.05) is 134 Å². The van der Waals surface area contributed by atoms with Crippen molar-refractivity contribution in [3.8, 4) is 11.4 Å². The molecule has 6 aromatic carbocycles. The number of para-hydroxylation sites is 1. The van der Waals surface area contributed by atoms with E-state index < -0.39 is 0 Å². The monoisotopic (exact) mass is 975 g/mol. The van der Waals surface area contributed by atoms with E-state index >= 15 is 0 Å². The van der Waals surface area contributed by atoms with Gasteiger partial charge in [-0.05, 0) is 66.3 Å². The van der Waals surface area contributed by atoms with Crippen molar-refractivity contribution in [2.24, 2.45) is 0 Å². The molecule has 0 aliphatic heterocycles. The Labute approximate surface area is 389 Å². The van der Waals surface area contributed by atoms with E-state index in [-0.39, 0.29) is 36.7 Å². The van der Waals surface area contributed by atoms with Crippen LogP contribution in [0.4, 0.5) is 11.4 Å². The summed E-state index contributed by atoms with van der Waals surface area (Å²) < 4.78 is 2.45. The summed E-state index contributed by atoms with van der Waals surface area (Å²) in [6, 6.07) is 47.5. The van der Waals surface area contributed by atoms with Gasteiger partial charge >= 0.3 is 0 Å². The normalized spacial score (nSPS) is 10.9. The summed E-state index contributed by atoms with van der Waals surface area (Å²) in [4.78, 5) is 5.34. The molecule has 1 aromatic heterocycles. The molecule has 0 bridgehead atoms. The number of fused-ring (bicyclic) bond motifs is 1. The number of unbranched alkanes of at least 4 members (excludes halogenated alkanes) is 3. The van der Waals surface area contributed by atoms with Crippen molar-refractivity contribution in [1.29, 1.82) is 0 Å². The van der Waals surface area contributed by atoms with Gasteiger partial charge in [0.25, 0.3) is 0 Å². The molecule has 320 valence electrons. The molecule has 0 fully saturated rings. The van der Waals surface area contributed by atoms with Crippen molar-refractivity contribution in [2.75, 3.05) is 0 Å². The Kier molecular flexibility index (Phi) is 19.8. The van der Waals surface area contributed by atoms with Crippen LogP contribution in [0.3, 0.4) is 0 Å². The minimum Gasteiger partial charge on any atom is -0.656 e. The van der Waals surface area contributed by atoms with Crippen LogP contribution in [0.2, 0.25) is 0 Å². The van der Waals surface area contributed by atoms with Crippen LogP contribution in [0.15, 0.2) is 140 Å². The Balaban J connectivity index is 0.000000362. The zero-order valence-electron chi connectivity index (χ0n) is 38.8. The zero-order chi connectivity index (χ0) is 43.9. The number of benzene rings is 6. The molecule has 61 heavy (non-hydrogen) atoms. The SMILES string of the molecule is CCCCCCn1c(-c2c(C)cc(C)cc2C)nc2c([N-]c3cc(C(C)(C)C)cc(C(C)(C)C)c3)cccc21.[CH2-]c1ccccc1.[CH2-]c1ccccc1.[CH2-]c1ccccc1.[Hf]. The van der Waals surface area contributed by atoms with Crippen molar-refractivity contribution in [3.63, 3.8) is 0 Å². The molecule has 0 aliphatic rings. The summed E-state index contributed by atoms with van der Waals surface area (Å²) >= 11 is 0. The number of imidazole rings is 1. The van der Waals surface area contributed by atoms with Gasteiger partial charge in [0.2, 0.25) is 0 Å². The van der Waals surface area contributed by atoms with E-state index in [1.54, 1.807) is 0 Å². The van der Waals surface area contributed by atoms with Crippen molar-refractivity contribution in [2.45, 2.75) is 112 Å². The molecular formula is C57H69HfN3-4. The summed E-state index contributed by atoms with van der Waals surface area (Å²) in [6.45, 7) is 34.7. The van der Waals surface area contributed by atoms with Gasteiger partial charge in [-0.3, -0.25) is 0 Å². The Morgan fingerprint density at radius 3 is 1.41 bits per heavy atom. The topological polar surface area (TPSA) is 31.9 Å². The van der Waals surface area contributed by atoms with E-state index in [2.05, 4.69) is 143 Å². The third kappa shape index (κ3) is 15.8. The maximum absolute atomic E-state index is 5.34. The fourth-order valence-electron chi connectivity index (χ4n) is 6.98. The van der Waals surface area contributed by atoms with E-state index in [1.165, 1.54) is 58.2 Å². The van der Waals surface area contributed by atoms with Gasteiger partial charge in [0.15, 0.2) is 0 Å². The molecule has 0 saturated heterocycles. The second kappa shape index (κ2) is 23.9. The van der Waals surface area contributed by atoms with Gasteiger partial charge in [0.05, 0.1) is 11.0 Å². The first-order chi connectivity index (χ1) is 28.5. The first kappa shape index (κ1) is 50.4. The van der Waals surface area contributed by atoms with Gasteiger partial charge in [-0.25, -0.2) is 4.98 Å². The molecule has 0 N–H and O–H groups in total. The third-order valence-electron chi connectivity index (χ3n) is 10.3. The molecule has 1 heterocycles. The summed E-state index contributed by atoms with van der Waals surface area (Å²) in [5.41, 5.74) is 15.1. The molecule has 0 atom stereocenters. The van der Waals surface area contributed by atoms with Gasteiger partial charge in [0.1, 0.15) is 5.82 Å². The first-order valence-electron chi connectivity index (χ1n) is 21.5. The molecule has 0 unspecified atom stereocenters. The molecule has 7 rings (SSSR count). The van der Waals surface area contributed by atoms with E-state index in [1.807, 2.05) is 91.0 Å². The van der Waals surface area contributed by atoms with Crippen molar-refractivity contribution >= 4 is 22.4 Å². The van der Waals surface area contributed by atoms with E-state index in [9.17, 15) is 0 Å². The third-order valence-corrected chi connectivity index (χ3v) is 10.3. The molecule has 0 spiro atoms. The van der Waals surface area contributed by atoms with Crippen LogP contribution in [0.5, 0.6) is 0 Å². The van der Waals surface area contributed by atoms with Crippen LogP contribution < -0.4 is 0 Å². The fraction of sp³-hybridized carbons (Fsp3) is 0.298. The maximum Gasteiger partial charge on any atom is 0.141 e. The van der Waals surface area contributed by atoms with Crippen molar-refractivity contribution in [1.82, 2.24) is 9.55 Å². The Morgan fingerprint density at radius 2 is 1.02 bits per heavy atom. The second-order valence-electron chi connectivity index (χ2n) is 17.9. The van der Waals surface area contributed by atoms with E-state index in [0.29, 0.717) is 0 Å². The second-order valence-corrected chi connectivity index (χ2v) is 17.9. The molecule has 3 nitrogen and oxygen atoms in total. The standard InChI is InChI=1S/C36H48N3.3C7H7.Hf/c1-11-12-13-14-18-39-31-17-15-16-30(33(31)38-34(39)32-25(3)19-24(2)20-26(32)4)37-29-22-27(35(5,6)7)21-28(23-29)36(8,9)10;3*1-7-5-3-2-4-6-7;/h15-17,19-23H,11-14,18H2,1-10H3;3*2-6H,1H2;/q4*-1;. The zero-order valence-corrected chi connectivity index (χ0v) is 42.4. The Hall–Kier alpha value is -4.93. The average molecular weight is 975 g/mol. The number of aromatic nitrogens is 2. The molecule has 7 aromatic rings. The summed E-state index contributed by atoms with van der Waals surface area (Å²) in [5, 5.41) is 5.26. The average Bonchev–Trinajstić information content (AvgIpc) is 3.55. The molecule has 0 saturated carbocycles. The van der Waals surface area contributed by atoms with E-state index in [4.69, 9.17) is 10.3 Å². The van der Waals surface area contributed by atoms with Gasteiger partial charge in [-0.2, -0.15) is 73.9 Å². The van der Waals surface area contributed by atoms with Crippen LogP contribution in [-0.4, -0.2) is 9.55 Å². The predicted octanol–water partition coefficient (Wildman–Crippen LogP) is 16.7. The van der Waals surface area contributed by atoms with Crippen LogP contribution in [0.25, 0.3) is 27.7 Å². The van der Waals surface area contributed by atoms with Crippen molar-refractivity contribution < 1.29 is 25.8 Å². The maximum atomic E-state index is 5.34. The largest absolute Gasteiger partial charge is 0.656 e. The molecule has 0 radical (unpaired) electrons. The molecule has 4 heteroatoms. The smallest absolute Gasteiger partial charge is 0.141 e. The molecule has 0 amide bonds. The number of hydrogen-bond donors (Lipinski definition) is 0. The van der Waals surface area contributed by atoms with Crippen LogP contribution in [0.1, 0.15) is 119 Å². The minimum atomic E-state index is 0. The van der Waals surface area contributed by atoms with E-state index in [0.717, 1.165) is 52.4 Å². The van der Waals surface area contributed by atoms with Crippen LogP contribution >= 0.6 is 0 Å². The molecular weight excluding hydrogens is 905 g/mol.